The van der Waals surface area contributed by atoms with Gasteiger partial charge in [-0.05, 0) is 29.2 Å². The molecule has 0 atom stereocenters. The number of fused-ring (bicyclic) bond motifs is 1. The topological polar surface area (TPSA) is 38.3 Å². The first-order valence-electron chi connectivity index (χ1n) is 6.12. The first-order valence-corrected chi connectivity index (χ1v) is 7.24. The first-order chi connectivity index (χ1) is 8.52. The van der Waals surface area contributed by atoms with Gasteiger partial charge in [0, 0.05) is 23.9 Å². The summed E-state index contributed by atoms with van der Waals surface area (Å²) in [4.78, 5) is 12.0. The molecule has 1 aromatic rings. The third-order valence-corrected chi connectivity index (χ3v) is 4.56. The second-order valence-corrected chi connectivity index (χ2v) is 5.96. The van der Waals surface area contributed by atoms with Crippen LogP contribution in [-0.2, 0) is 6.42 Å². The smallest absolute Gasteiger partial charge is 0.251 e. The zero-order valence-electron chi connectivity index (χ0n) is 10.8. The normalized spacial score (nSPS) is 13.9. The molecule has 0 aromatic heterocycles. The Morgan fingerprint density at radius 2 is 2.28 bits per heavy atom. The molecule has 0 radical (unpaired) electrons. The van der Waals surface area contributed by atoms with Crippen LogP contribution in [0.3, 0.4) is 0 Å². The van der Waals surface area contributed by atoms with E-state index >= 15 is 0 Å². The van der Waals surface area contributed by atoms with Crippen LogP contribution < -0.4 is 10.1 Å². The monoisotopic (exact) mass is 311 g/mol. The molecule has 4 heteroatoms. The number of hydrogen-bond acceptors (Lipinski definition) is 2. The minimum atomic E-state index is -0.0151. The van der Waals surface area contributed by atoms with E-state index in [2.05, 4.69) is 35.1 Å². The zero-order valence-corrected chi connectivity index (χ0v) is 12.3. The quantitative estimate of drug-likeness (QED) is 0.868. The van der Waals surface area contributed by atoms with Crippen LogP contribution >= 0.6 is 15.9 Å². The molecule has 0 bridgehead atoms. The number of carbonyl (C=O) groups excluding carboxylic acids is 1. The summed E-state index contributed by atoms with van der Waals surface area (Å²) in [5.41, 5.74) is 1.90. The van der Waals surface area contributed by atoms with E-state index in [4.69, 9.17) is 4.74 Å². The van der Waals surface area contributed by atoms with Gasteiger partial charge in [-0.3, -0.25) is 4.79 Å². The van der Waals surface area contributed by atoms with E-state index in [1.165, 1.54) is 0 Å². The van der Waals surface area contributed by atoms with Gasteiger partial charge in [0.15, 0.2) is 0 Å². The van der Waals surface area contributed by atoms with Crippen molar-refractivity contribution in [2.75, 3.05) is 18.5 Å². The summed E-state index contributed by atoms with van der Waals surface area (Å²) in [5, 5.41) is 3.83. The number of hydrogen-bond donors (Lipinski definition) is 1. The minimum Gasteiger partial charge on any atom is -0.493 e. The second-order valence-electron chi connectivity index (χ2n) is 5.40. The number of carbonyl (C=O) groups is 1. The number of benzene rings is 1. The fourth-order valence-electron chi connectivity index (χ4n) is 1.80. The Morgan fingerprint density at radius 3 is 3.00 bits per heavy atom. The van der Waals surface area contributed by atoms with E-state index in [-0.39, 0.29) is 11.3 Å². The summed E-state index contributed by atoms with van der Waals surface area (Å²) in [6, 6.07) is 5.63. The van der Waals surface area contributed by atoms with E-state index in [0.717, 1.165) is 29.7 Å². The van der Waals surface area contributed by atoms with Crippen molar-refractivity contribution in [1.82, 2.24) is 5.32 Å². The van der Waals surface area contributed by atoms with Crippen molar-refractivity contribution in [3.63, 3.8) is 0 Å². The lowest BCUT2D eigenvalue weighted by molar-refractivity contribution is 0.0940. The highest BCUT2D eigenvalue weighted by Gasteiger charge is 2.19. The van der Waals surface area contributed by atoms with E-state index in [1.54, 1.807) is 0 Å². The molecule has 0 saturated carbocycles. The summed E-state index contributed by atoms with van der Waals surface area (Å²) < 4.78 is 5.43. The molecule has 0 spiro atoms. The molecule has 1 amide bonds. The van der Waals surface area contributed by atoms with Gasteiger partial charge in [-0.15, -0.1) is 0 Å². The molecule has 3 nitrogen and oxygen atoms in total. The van der Waals surface area contributed by atoms with Crippen LogP contribution in [0, 0.1) is 5.41 Å². The summed E-state index contributed by atoms with van der Waals surface area (Å²) in [6.45, 7) is 5.60. The molecule has 2 rings (SSSR count). The van der Waals surface area contributed by atoms with Crippen molar-refractivity contribution >= 4 is 21.8 Å². The Hall–Kier alpha value is -1.03. The van der Waals surface area contributed by atoms with Crippen LogP contribution in [0.4, 0.5) is 0 Å². The number of amides is 1. The average Bonchev–Trinajstić information content (AvgIpc) is 2.83. The Balaban J connectivity index is 2.01. The van der Waals surface area contributed by atoms with E-state index < -0.39 is 0 Å². The van der Waals surface area contributed by atoms with Crippen molar-refractivity contribution < 1.29 is 9.53 Å². The van der Waals surface area contributed by atoms with Crippen molar-refractivity contribution in [2.24, 2.45) is 5.41 Å². The lowest BCUT2D eigenvalue weighted by atomic mass is 9.96. The van der Waals surface area contributed by atoms with E-state index in [1.807, 2.05) is 18.2 Å². The molecule has 18 heavy (non-hydrogen) atoms. The van der Waals surface area contributed by atoms with Gasteiger partial charge < -0.3 is 10.1 Å². The maximum atomic E-state index is 12.0. The Kier molecular flexibility index (Phi) is 3.95. The van der Waals surface area contributed by atoms with Gasteiger partial charge in [0.05, 0.1) is 6.61 Å². The molecular formula is C14H18BrNO2. The van der Waals surface area contributed by atoms with Crippen molar-refractivity contribution in [3.05, 3.63) is 29.3 Å². The summed E-state index contributed by atoms with van der Waals surface area (Å²) in [5.74, 6) is 0.895. The van der Waals surface area contributed by atoms with Crippen molar-refractivity contribution in [3.8, 4) is 5.75 Å². The molecule has 1 N–H and O–H groups in total. The molecule has 1 aliphatic rings. The Labute approximate surface area is 116 Å². The molecule has 1 aromatic carbocycles. The van der Waals surface area contributed by atoms with Gasteiger partial charge in [-0.2, -0.15) is 0 Å². The van der Waals surface area contributed by atoms with Gasteiger partial charge in [0.25, 0.3) is 5.91 Å². The summed E-state index contributed by atoms with van der Waals surface area (Å²) in [7, 11) is 0. The van der Waals surface area contributed by atoms with E-state index in [0.29, 0.717) is 12.1 Å². The van der Waals surface area contributed by atoms with Gasteiger partial charge in [0.1, 0.15) is 5.75 Å². The standard InChI is InChI=1S/C14H18BrNO2/c1-14(2,8-15)9-16-13(17)11-3-4-12-10(7-11)5-6-18-12/h3-4,7H,5-6,8-9H2,1-2H3,(H,16,17). The molecule has 0 fully saturated rings. The highest BCUT2D eigenvalue weighted by molar-refractivity contribution is 9.09. The van der Waals surface area contributed by atoms with Gasteiger partial charge in [-0.1, -0.05) is 29.8 Å². The summed E-state index contributed by atoms with van der Waals surface area (Å²) >= 11 is 3.45. The Morgan fingerprint density at radius 1 is 1.50 bits per heavy atom. The summed E-state index contributed by atoms with van der Waals surface area (Å²) in [6.07, 6.45) is 0.892. The lowest BCUT2D eigenvalue weighted by Gasteiger charge is -2.21. The number of rotatable bonds is 4. The minimum absolute atomic E-state index is 0.0151. The largest absolute Gasteiger partial charge is 0.493 e. The van der Waals surface area contributed by atoms with Crippen molar-refractivity contribution in [1.29, 1.82) is 0 Å². The highest BCUT2D eigenvalue weighted by atomic mass is 79.9. The maximum absolute atomic E-state index is 12.0. The van der Waals surface area contributed by atoms with Gasteiger partial charge in [-0.25, -0.2) is 0 Å². The average molecular weight is 312 g/mol. The number of nitrogens with one attached hydrogen (secondary N) is 1. The highest BCUT2D eigenvalue weighted by Crippen LogP contribution is 2.26. The number of halogens is 1. The van der Waals surface area contributed by atoms with Crippen molar-refractivity contribution in [2.45, 2.75) is 20.3 Å². The third-order valence-electron chi connectivity index (χ3n) is 3.04. The van der Waals surface area contributed by atoms with Crippen LogP contribution in [0.1, 0.15) is 29.8 Å². The van der Waals surface area contributed by atoms with Crippen LogP contribution in [-0.4, -0.2) is 24.4 Å². The third kappa shape index (κ3) is 3.05. The molecule has 1 heterocycles. The second kappa shape index (κ2) is 5.31. The predicted molar refractivity (Wildman–Crippen MR) is 75.5 cm³/mol. The fraction of sp³-hybridized carbons (Fsp3) is 0.500. The predicted octanol–water partition coefficient (Wildman–Crippen LogP) is 2.77. The van der Waals surface area contributed by atoms with Crippen LogP contribution in [0.25, 0.3) is 0 Å². The molecule has 0 saturated heterocycles. The van der Waals surface area contributed by atoms with Crippen LogP contribution in [0.5, 0.6) is 5.75 Å². The van der Waals surface area contributed by atoms with Gasteiger partial charge >= 0.3 is 0 Å². The molecule has 98 valence electrons. The SMILES string of the molecule is CC(C)(CBr)CNC(=O)c1ccc2c(c1)CCO2. The number of ether oxygens (including phenoxy) is 1. The molecule has 0 aliphatic carbocycles. The zero-order chi connectivity index (χ0) is 13.2. The van der Waals surface area contributed by atoms with Gasteiger partial charge in [0.2, 0.25) is 0 Å². The molecular weight excluding hydrogens is 294 g/mol. The molecule has 1 aliphatic heterocycles. The Bertz CT molecular complexity index is 457. The first kappa shape index (κ1) is 13.4. The van der Waals surface area contributed by atoms with Crippen LogP contribution in [0.2, 0.25) is 0 Å². The van der Waals surface area contributed by atoms with E-state index in [9.17, 15) is 4.79 Å². The maximum Gasteiger partial charge on any atom is 0.251 e. The molecule has 0 unspecified atom stereocenters. The fourth-order valence-corrected chi connectivity index (χ4v) is 1.99. The lowest BCUT2D eigenvalue weighted by Crippen LogP contribution is -2.34. The van der Waals surface area contributed by atoms with Crippen LogP contribution in [0.15, 0.2) is 18.2 Å². The number of alkyl halides is 1.